The molecule has 2 heterocycles. The molecule has 344 valence electrons. The number of nitrogens with two attached hydrogens (primary N) is 1. The van der Waals surface area contributed by atoms with Crippen LogP contribution in [0.1, 0.15) is 76.7 Å². The van der Waals surface area contributed by atoms with Crippen molar-refractivity contribution in [3.05, 3.63) is 29.8 Å². The standard InChI is InChI=1S/C39H60N10O12S/c1-22(44-37(58)24(7-6-16-50)18-31(53)49-61)36(57)46-27(17-23-11-13-25(51)14-12-23)38(59)43-19-32(54)42-20-33(55)45-26(35(40)56)8-4-5-15-41-30(52)10-3-2-9-29-34-28(21-62-29)47-39(60)48-34/h11-14,22,24,26-29,34,50-51,61H,2-10,15-21H2,1H3,(H2,40,56)(H,41,52)(H,42,54)(H,43,59)(H,44,58)(H,45,55)(H,46,57)(H,49,53)(H2,47,48,60)/t22-,24?,26-,27-,28-,29-,34-/m0/s1. The monoisotopic (exact) mass is 892 g/mol. The van der Waals surface area contributed by atoms with E-state index in [9.17, 15) is 48.3 Å². The first kappa shape index (κ1) is 50.7. The Kier molecular flexibility index (Phi) is 21.7. The molecule has 2 aliphatic rings. The molecule has 7 atom stereocenters. The summed E-state index contributed by atoms with van der Waals surface area (Å²) in [6.07, 6.45) is 3.77. The summed E-state index contributed by atoms with van der Waals surface area (Å²) in [5.41, 5.74) is 7.43. The second-order valence-electron chi connectivity index (χ2n) is 15.2. The number of rotatable bonds is 28. The third-order valence-corrected chi connectivity index (χ3v) is 11.8. The number of benzene rings is 1. The predicted molar refractivity (Wildman–Crippen MR) is 224 cm³/mol. The number of thioether (sulfide) groups is 1. The number of urea groups is 1. The first-order chi connectivity index (χ1) is 29.6. The first-order valence-corrected chi connectivity index (χ1v) is 21.7. The number of nitrogens with one attached hydrogen (secondary N) is 9. The van der Waals surface area contributed by atoms with Crippen molar-refractivity contribution in [1.82, 2.24) is 48.0 Å². The van der Waals surface area contributed by atoms with E-state index in [2.05, 4.69) is 42.5 Å². The Morgan fingerprint density at radius 1 is 0.790 bits per heavy atom. The predicted octanol–water partition coefficient (Wildman–Crippen LogP) is -2.58. The molecule has 1 aromatic carbocycles. The smallest absolute Gasteiger partial charge is 0.315 e. The van der Waals surface area contributed by atoms with Crippen LogP contribution >= 0.6 is 11.8 Å². The summed E-state index contributed by atoms with van der Waals surface area (Å²) in [7, 11) is 0. The van der Waals surface area contributed by atoms with Gasteiger partial charge in [0.25, 0.3) is 0 Å². The Morgan fingerprint density at radius 2 is 1.52 bits per heavy atom. The molecule has 2 fully saturated rings. The number of aliphatic hydroxyl groups excluding tert-OH is 1. The van der Waals surface area contributed by atoms with Gasteiger partial charge in [-0.25, -0.2) is 10.3 Å². The Morgan fingerprint density at radius 3 is 2.21 bits per heavy atom. The van der Waals surface area contributed by atoms with Crippen LogP contribution in [0.5, 0.6) is 5.75 Å². The lowest BCUT2D eigenvalue weighted by atomic mass is 9.97. The topological polar surface area (TPSA) is 349 Å². The van der Waals surface area contributed by atoms with Crippen LogP contribution in [0.15, 0.2) is 24.3 Å². The molecule has 2 aliphatic heterocycles. The van der Waals surface area contributed by atoms with E-state index in [1.54, 1.807) is 0 Å². The van der Waals surface area contributed by atoms with Crippen LogP contribution in [-0.4, -0.2) is 136 Å². The average molecular weight is 893 g/mol. The number of amides is 10. The van der Waals surface area contributed by atoms with Crippen molar-refractivity contribution >= 4 is 65.1 Å². The minimum atomic E-state index is -1.28. The molecule has 0 saturated carbocycles. The van der Waals surface area contributed by atoms with Crippen molar-refractivity contribution in [3.8, 4) is 5.75 Å². The van der Waals surface area contributed by atoms with Gasteiger partial charge in [-0.1, -0.05) is 18.6 Å². The molecule has 1 aromatic rings. The fourth-order valence-electron chi connectivity index (χ4n) is 6.83. The van der Waals surface area contributed by atoms with Crippen molar-refractivity contribution in [1.29, 1.82) is 0 Å². The van der Waals surface area contributed by atoms with E-state index in [0.29, 0.717) is 36.6 Å². The highest BCUT2D eigenvalue weighted by atomic mass is 32.2. The molecule has 2 saturated heterocycles. The highest BCUT2D eigenvalue weighted by Crippen LogP contribution is 2.33. The Balaban J connectivity index is 1.38. The fourth-order valence-corrected chi connectivity index (χ4v) is 8.37. The zero-order chi connectivity index (χ0) is 45.6. The van der Waals surface area contributed by atoms with E-state index >= 15 is 0 Å². The quantitative estimate of drug-likeness (QED) is 0.0178. The number of hydroxylamine groups is 1. The number of aliphatic hydroxyl groups is 1. The molecule has 22 nitrogen and oxygen atoms in total. The van der Waals surface area contributed by atoms with E-state index in [1.807, 2.05) is 11.8 Å². The van der Waals surface area contributed by atoms with Gasteiger partial charge < -0.3 is 58.5 Å². The summed E-state index contributed by atoms with van der Waals surface area (Å²) in [5, 5.41) is 48.9. The Labute approximate surface area is 363 Å². The molecular weight excluding hydrogens is 833 g/mol. The van der Waals surface area contributed by atoms with Gasteiger partial charge in [-0.2, -0.15) is 11.8 Å². The summed E-state index contributed by atoms with van der Waals surface area (Å²) in [6.45, 7) is 0.293. The van der Waals surface area contributed by atoms with E-state index in [-0.39, 0.29) is 62.1 Å². The average Bonchev–Trinajstić information content (AvgIpc) is 3.80. The van der Waals surface area contributed by atoms with Gasteiger partial charge in [0.2, 0.25) is 47.3 Å². The van der Waals surface area contributed by atoms with Crippen LogP contribution < -0.4 is 53.7 Å². The van der Waals surface area contributed by atoms with Crippen LogP contribution in [0.3, 0.4) is 0 Å². The molecule has 0 spiro atoms. The lowest BCUT2D eigenvalue weighted by molar-refractivity contribution is -0.136. The van der Waals surface area contributed by atoms with Crippen molar-refractivity contribution in [2.45, 2.75) is 113 Å². The van der Waals surface area contributed by atoms with Gasteiger partial charge in [0.05, 0.1) is 25.2 Å². The molecule has 0 aromatic heterocycles. The Hall–Kier alpha value is -5.68. The third-order valence-electron chi connectivity index (χ3n) is 10.3. The summed E-state index contributed by atoms with van der Waals surface area (Å²) in [4.78, 5) is 112. The minimum Gasteiger partial charge on any atom is -0.508 e. The van der Waals surface area contributed by atoms with E-state index in [1.165, 1.54) is 36.7 Å². The van der Waals surface area contributed by atoms with Crippen LogP contribution in [-0.2, 0) is 44.8 Å². The number of hydrogen-bond acceptors (Lipinski definition) is 13. The van der Waals surface area contributed by atoms with Gasteiger partial charge in [0.15, 0.2) is 0 Å². The summed E-state index contributed by atoms with van der Waals surface area (Å²) in [6, 6.07) is 2.41. The molecule has 62 heavy (non-hydrogen) atoms. The van der Waals surface area contributed by atoms with Crippen LogP contribution in [0.2, 0.25) is 0 Å². The van der Waals surface area contributed by atoms with Gasteiger partial charge in [-0.05, 0) is 69.6 Å². The first-order valence-electron chi connectivity index (χ1n) is 20.6. The van der Waals surface area contributed by atoms with Gasteiger partial charge >= 0.3 is 6.03 Å². The van der Waals surface area contributed by atoms with Crippen molar-refractivity contribution in [3.63, 3.8) is 0 Å². The lowest BCUT2D eigenvalue weighted by Gasteiger charge is -2.23. The number of hydrogen-bond donors (Lipinski definition) is 13. The molecule has 1 unspecified atom stereocenters. The summed E-state index contributed by atoms with van der Waals surface area (Å²) >= 11 is 1.83. The van der Waals surface area contributed by atoms with Crippen LogP contribution in [0.4, 0.5) is 4.79 Å². The minimum absolute atomic E-state index is 0.0412. The van der Waals surface area contributed by atoms with Crippen molar-refractivity contribution in [2.75, 3.05) is 32.0 Å². The third kappa shape index (κ3) is 18.1. The summed E-state index contributed by atoms with van der Waals surface area (Å²) in [5.74, 6) is -5.65. The van der Waals surface area contributed by atoms with Crippen molar-refractivity contribution in [2.24, 2.45) is 11.7 Å². The van der Waals surface area contributed by atoms with Gasteiger partial charge in [0, 0.05) is 49.3 Å². The maximum atomic E-state index is 13.3. The number of aromatic hydroxyl groups is 1. The number of carbonyl (C=O) groups excluding carboxylic acids is 9. The normalized spacial score (nSPS) is 18.3. The second-order valence-corrected chi connectivity index (χ2v) is 16.5. The largest absolute Gasteiger partial charge is 0.508 e. The van der Waals surface area contributed by atoms with E-state index in [0.717, 1.165) is 25.0 Å². The maximum absolute atomic E-state index is 13.3. The molecule has 0 bridgehead atoms. The maximum Gasteiger partial charge on any atom is 0.315 e. The van der Waals surface area contributed by atoms with Crippen LogP contribution in [0.25, 0.3) is 0 Å². The number of primary amides is 1. The molecule has 10 amide bonds. The highest BCUT2D eigenvalue weighted by Gasteiger charge is 2.42. The fraction of sp³-hybridized carbons (Fsp3) is 0.615. The molecule has 3 rings (SSSR count). The van der Waals surface area contributed by atoms with Gasteiger partial charge in [-0.3, -0.25) is 43.6 Å². The molecule has 0 radical (unpaired) electrons. The molecule has 0 aliphatic carbocycles. The molecule has 14 N–H and O–H groups in total. The highest BCUT2D eigenvalue weighted by molar-refractivity contribution is 8.00. The van der Waals surface area contributed by atoms with E-state index < -0.39 is 84.9 Å². The zero-order valence-corrected chi connectivity index (χ0v) is 35.5. The number of phenolic OH excluding ortho intramolecular Hbond substituents is 1. The zero-order valence-electron chi connectivity index (χ0n) is 34.7. The van der Waals surface area contributed by atoms with Crippen molar-refractivity contribution < 1.29 is 58.6 Å². The van der Waals surface area contributed by atoms with Gasteiger partial charge in [-0.15, -0.1) is 0 Å². The molecular formula is C39H60N10O12S. The number of carbonyl (C=O) groups is 9. The molecule has 23 heteroatoms. The Bertz CT molecular complexity index is 1720. The van der Waals surface area contributed by atoms with E-state index in [4.69, 9.17) is 16.0 Å². The van der Waals surface area contributed by atoms with Gasteiger partial charge in [0.1, 0.15) is 23.9 Å². The number of phenols is 1. The van der Waals surface area contributed by atoms with Crippen LogP contribution in [0, 0.1) is 5.92 Å². The SMILES string of the molecule is C[C@H](NC(=O)C(CCCO)CC(=O)NO)C(=O)N[C@@H](Cc1ccc(O)cc1)C(=O)NCC(=O)NCC(=O)N[C@@H](CCCCNC(=O)CCCC[C@@H]1SC[C@@H]2NC(=O)N[C@@H]21)C(N)=O. The second kappa shape index (κ2) is 26.6. The lowest BCUT2D eigenvalue weighted by Crippen LogP contribution is -2.55. The number of unbranched alkanes of at least 4 members (excludes halogenated alkanes) is 2. The number of fused-ring (bicyclic) bond motifs is 1. The summed E-state index contributed by atoms with van der Waals surface area (Å²) < 4.78 is 0.